The molecule has 5 nitrogen and oxygen atoms in total. The van der Waals surface area contributed by atoms with Gasteiger partial charge in [0.15, 0.2) is 0 Å². The summed E-state index contributed by atoms with van der Waals surface area (Å²) in [6, 6.07) is 0. The van der Waals surface area contributed by atoms with Crippen LogP contribution in [0.5, 0.6) is 0 Å². The number of H-pyrrole nitrogens is 1. The van der Waals surface area contributed by atoms with Crippen molar-refractivity contribution in [2.45, 2.75) is 6.92 Å². The van der Waals surface area contributed by atoms with Crippen LogP contribution >= 0.6 is 0 Å². The van der Waals surface area contributed by atoms with E-state index in [9.17, 15) is 0 Å². The molecule has 0 aliphatic heterocycles. The molecule has 5 heteroatoms. The second-order valence-corrected chi connectivity index (χ2v) is 1.54. The zero-order chi connectivity index (χ0) is 6.15. The van der Waals surface area contributed by atoms with Gasteiger partial charge in [0.25, 0.3) is 0 Å². The van der Waals surface area contributed by atoms with Gasteiger partial charge in [-0.2, -0.15) is 5.10 Å². The molecule has 44 valence electrons. The third-order valence-electron chi connectivity index (χ3n) is 0.940. The van der Waals surface area contributed by atoms with Crippen LogP contribution < -0.4 is 16.3 Å². The Morgan fingerprint density at radius 3 is 2.50 bits per heavy atom. The molecule has 0 fully saturated rings. The van der Waals surface area contributed by atoms with Gasteiger partial charge < -0.3 is 5.73 Å². The Balaban J connectivity index is 3.19. The van der Waals surface area contributed by atoms with Gasteiger partial charge in [-0.3, -0.25) is 5.84 Å². The van der Waals surface area contributed by atoms with Crippen LogP contribution in [0.2, 0.25) is 0 Å². The van der Waals surface area contributed by atoms with Crippen LogP contribution in [0.15, 0.2) is 0 Å². The maximum atomic E-state index is 5.30. The lowest BCUT2D eigenvalue weighted by Gasteiger charge is -1.83. The zero-order valence-corrected chi connectivity index (χ0v) is 4.55. The van der Waals surface area contributed by atoms with Gasteiger partial charge in [0.2, 0.25) is 5.82 Å². The Labute approximate surface area is 46.3 Å². The highest BCUT2D eigenvalue weighted by atomic mass is 15.4. The highest BCUT2D eigenvalue weighted by Gasteiger charge is 2.05. The lowest BCUT2D eigenvalue weighted by molar-refractivity contribution is -0.630. The number of aromatic nitrogens is 3. The second kappa shape index (κ2) is 1.36. The van der Waals surface area contributed by atoms with Gasteiger partial charge in [-0.25, -0.2) is 0 Å². The first kappa shape index (κ1) is 4.89. The van der Waals surface area contributed by atoms with Crippen LogP contribution in [-0.4, -0.2) is 10.2 Å². The number of nitrogens with zero attached hydrogens (tertiary/aromatic N) is 2. The molecule has 0 bridgehead atoms. The van der Waals surface area contributed by atoms with E-state index in [1.807, 2.05) is 0 Å². The Morgan fingerprint density at radius 1 is 1.75 bits per heavy atom. The van der Waals surface area contributed by atoms with E-state index in [0.29, 0.717) is 5.95 Å². The molecule has 0 aliphatic carbocycles. The molecule has 1 aromatic rings. The van der Waals surface area contributed by atoms with Crippen LogP contribution in [0.25, 0.3) is 0 Å². The summed E-state index contributed by atoms with van der Waals surface area (Å²) in [7, 11) is 0. The minimum Gasteiger partial charge on any atom is -0.304 e. The van der Waals surface area contributed by atoms with Gasteiger partial charge in [-0.15, -0.1) is 4.68 Å². The normalized spacial score (nSPS) is 9.62. The van der Waals surface area contributed by atoms with Gasteiger partial charge in [0, 0.05) is 12.0 Å². The van der Waals surface area contributed by atoms with E-state index in [1.54, 1.807) is 6.92 Å². The van der Waals surface area contributed by atoms with Crippen molar-refractivity contribution in [2.75, 3.05) is 11.6 Å². The summed E-state index contributed by atoms with van der Waals surface area (Å²) in [6.07, 6.45) is 0. The van der Waals surface area contributed by atoms with Crippen molar-refractivity contribution >= 4 is 5.95 Å². The molecule has 0 saturated carbocycles. The lowest BCUT2D eigenvalue weighted by Crippen LogP contribution is -2.47. The molecule has 0 spiro atoms. The van der Waals surface area contributed by atoms with Crippen LogP contribution in [0.1, 0.15) is 5.82 Å². The summed E-state index contributed by atoms with van der Waals surface area (Å²) < 4.78 is 1.28. The molecule has 1 rings (SSSR count). The molecule has 1 heterocycles. The standard InChI is InChI=1S/C3H7N5/c1-2-6-7-3(4)8(2)5/h5H2,1H3,(H2,4,7)/p+1. The fraction of sp³-hybridized carbons (Fsp3) is 0.333. The molecule has 5 N–H and O–H groups in total. The van der Waals surface area contributed by atoms with E-state index in [2.05, 4.69) is 10.2 Å². The highest BCUT2D eigenvalue weighted by molar-refractivity contribution is 5.01. The van der Waals surface area contributed by atoms with E-state index < -0.39 is 0 Å². The number of hydrogen-bond acceptors (Lipinski definition) is 3. The van der Waals surface area contributed by atoms with Crippen molar-refractivity contribution in [3.63, 3.8) is 0 Å². The number of anilines is 1. The lowest BCUT2D eigenvalue weighted by atomic mass is 10.7. The number of nitrogens with one attached hydrogen (secondary N) is 1. The maximum Gasteiger partial charge on any atom is 0.396 e. The minimum absolute atomic E-state index is 0.294. The molecular formula is C3H8N5+. The van der Waals surface area contributed by atoms with E-state index in [0.717, 1.165) is 5.82 Å². The van der Waals surface area contributed by atoms with Gasteiger partial charge in [-0.05, 0) is 0 Å². The maximum absolute atomic E-state index is 5.30. The number of aryl methyl sites for hydroxylation is 1. The Bertz CT molecular complexity index is 170. The van der Waals surface area contributed by atoms with Gasteiger partial charge >= 0.3 is 5.95 Å². The fourth-order valence-electron chi connectivity index (χ4n) is 0.418. The third-order valence-corrected chi connectivity index (χ3v) is 0.940. The largest absolute Gasteiger partial charge is 0.396 e. The fourth-order valence-corrected chi connectivity index (χ4v) is 0.418. The summed E-state index contributed by atoms with van der Waals surface area (Å²) >= 11 is 0. The second-order valence-electron chi connectivity index (χ2n) is 1.54. The predicted octanol–water partition coefficient (Wildman–Crippen LogP) is -1.70. The molecule has 0 radical (unpaired) electrons. The molecule has 0 amide bonds. The SMILES string of the molecule is Cc1[nH]nc(N)[n+]1N. The Hall–Kier alpha value is -1.26. The number of nitrogens with two attached hydrogens (primary N) is 2. The van der Waals surface area contributed by atoms with Crippen molar-refractivity contribution in [2.24, 2.45) is 0 Å². The van der Waals surface area contributed by atoms with Gasteiger partial charge in [-0.1, -0.05) is 0 Å². The average molecular weight is 114 g/mol. The number of hydrogen-bond donors (Lipinski definition) is 3. The molecule has 0 atom stereocenters. The predicted molar refractivity (Wildman–Crippen MR) is 28.1 cm³/mol. The van der Waals surface area contributed by atoms with E-state index in [-0.39, 0.29) is 0 Å². The molecule has 0 unspecified atom stereocenters. The first-order chi connectivity index (χ1) is 3.72. The summed E-state index contributed by atoms with van der Waals surface area (Å²) in [5.74, 6) is 6.33. The summed E-state index contributed by atoms with van der Waals surface area (Å²) in [5.41, 5.74) is 5.24. The molecule has 8 heavy (non-hydrogen) atoms. The van der Waals surface area contributed by atoms with Crippen LogP contribution in [-0.2, 0) is 0 Å². The monoisotopic (exact) mass is 114 g/mol. The average Bonchev–Trinajstić information content (AvgIpc) is 1.98. The zero-order valence-electron chi connectivity index (χ0n) is 4.55. The van der Waals surface area contributed by atoms with Crippen molar-refractivity contribution in [3.05, 3.63) is 5.82 Å². The van der Waals surface area contributed by atoms with Crippen molar-refractivity contribution < 1.29 is 4.68 Å². The third kappa shape index (κ3) is 0.481. The van der Waals surface area contributed by atoms with Gasteiger partial charge in [0.05, 0.1) is 0 Å². The topological polar surface area (TPSA) is 84.6 Å². The molecule has 0 aromatic carbocycles. The van der Waals surface area contributed by atoms with Crippen LogP contribution in [0.4, 0.5) is 5.95 Å². The van der Waals surface area contributed by atoms with Crippen molar-refractivity contribution in [1.29, 1.82) is 0 Å². The summed E-state index contributed by atoms with van der Waals surface area (Å²) in [4.78, 5) is 0. The first-order valence-corrected chi connectivity index (χ1v) is 2.19. The molecule has 0 saturated heterocycles. The molecule has 0 aliphatic rings. The molecular weight excluding hydrogens is 106 g/mol. The summed E-state index contributed by atoms with van der Waals surface area (Å²) in [6.45, 7) is 1.78. The van der Waals surface area contributed by atoms with Crippen LogP contribution in [0.3, 0.4) is 0 Å². The number of aromatic amines is 1. The summed E-state index contributed by atoms with van der Waals surface area (Å²) in [5, 5.41) is 6.21. The molecule has 1 aromatic heterocycles. The van der Waals surface area contributed by atoms with E-state index >= 15 is 0 Å². The number of nitrogen functional groups attached to an aromatic ring is 2. The van der Waals surface area contributed by atoms with Crippen LogP contribution in [0, 0.1) is 6.92 Å². The minimum atomic E-state index is 0.294. The van der Waals surface area contributed by atoms with Crippen molar-refractivity contribution in [3.8, 4) is 0 Å². The van der Waals surface area contributed by atoms with E-state index in [4.69, 9.17) is 11.6 Å². The van der Waals surface area contributed by atoms with Gasteiger partial charge in [0.1, 0.15) is 0 Å². The Morgan fingerprint density at radius 2 is 2.38 bits per heavy atom. The van der Waals surface area contributed by atoms with Crippen molar-refractivity contribution in [1.82, 2.24) is 10.2 Å². The highest BCUT2D eigenvalue weighted by Crippen LogP contribution is 1.80. The Kier molecular flexibility index (Phi) is 0.831. The van der Waals surface area contributed by atoms with E-state index in [1.165, 1.54) is 4.68 Å². The smallest absolute Gasteiger partial charge is 0.304 e. The number of rotatable bonds is 0. The first-order valence-electron chi connectivity index (χ1n) is 2.19. The quantitative estimate of drug-likeness (QED) is 0.277.